The van der Waals surface area contributed by atoms with E-state index in [-0.39, 0.29) is 0 Å². The van der Waals surface area contributed by atoms with Crippen LogP contribution in [-0.4, -0.2) is 13.1 Å². The van der Waals surface area contributed by atoms with E-state index in [2.05, 4.69) is 5.32 Å². The molecule has 2 fully saturated rings. The molecule has 0 aromatic heterocycles. The Labute approximate surface area is 117 Å². The Bertz CT molecular complexity index is 456. The van der Waals surface area contributed by atoms with Gasteiger partial charge in [-0.1, -0.05) is 12.1 Å². The third-order valence-electron chi connectivity index (χ3n) is 4.96. The highest BCUT2D eigenvalue weighted by Gasteiger charge is 2.47. The number of hydrogen-bond acceptors (Lipinski definition) is 1. The van der Waals surface area contributed by atoms with Crippen LogP contribution >= 0.6 is 0 Å². The van der Waals surface area contributed by atoms with Crippen molar-refractivity contribution in [2.75, 3.05) is 7.05 Å². The minimum absolute atomic E-state index is 0.388. The average Bonchev–Trinajstić information content (AvgIpc) is 3.02. The second-order valence-corrected chi connectivity index (χ2v) is 6.28. The highest BCUT2D eigenvalue weighted by molar-refractivity contribution is 5.25. The van der Waals surface area contributed by atoms with Crippen molar-refractivity contribution in [3.8, 4) is 0 Å². The van der Waals surface area contributed by atoms with Gasteiger partial charge in [-0.2, -0.15) is 13.2 Å². The molecule has 3 atom stereocenters. The van der Waals surface area contributed by atoms with Crippen LogP contribution in [0.2, 0.25) is 0 Å². The number of likely N-dealkylation sites (N-methyl/N-ethyl adjacent to an activating group) is 1. The number of hydrogen-bond donors (Lipinski definition) is 1. The minimum Gasteiger partial charge on any atom is -0.316 e. The van der Waals surface area contributed by atoms with Gasteiger partial charge in [-0.3, -0.25) is 0 Å². The number of fused-ring (bicyclic) bond motifs is 1. The quantitative estimate of drug-likeness (QED) is 0.884. The minimum atomic E-state index is -4.24. The van der Waals surface area contributed by atoms with Crippen LogP contribution in [0.25, 0.3) is 0 Å². The van der Waals surface area contributed by atoms with E-state index in [1.807, 2.05) is 7.05 Å². The van der Waals surface area contributed by atoms with Crippen molar-refractivity contribution >= 4 is 0 Å². The van der Waals surface area contributed by atoms with Gasteiger partial charge in [0.2, 0.25) is 0 Å². The molecule has 0 heterocycles. The molecule has 2 aliphatic rings. The molecule has 110 valence electrons. The average molecular weight is 283 g/mol. The number of alkyl halides is 3. The molecule has 0 radical (unpaired) electrons. The molecule has 1 aromatic rings. The smallest absolute Gasteiger partial charge is 0.316 e. The van der Waals surface area contributed by atoms with E-state index in [4.69, 9.17) is 0 Å². The maximum Gasteiger partial charge on any atom is 0.416 e. The summed E-state index contributed by atoms with van der Waals surface area (Å²) < 4.78 is 37.6. The molecule has 0 saturated heterocycles. The SMILES string of the molecule is CNC(Cc1ccc(C(F)(F)F)cc1)C1CC2CC2C1. The first kappa shape index (κ1) is 13.9. The zero-order valence-electron chi connectivity index (χ0n) is 11.6. The molecule has 1 nitrogen and oxygen atoms in total. The van der Waals surface area contributed by atoms with Crippen molar-refractivity contribution in [1.29, 1.82) is 0 Å². The van der Waals surface area contributed by atoms with Crippen molar-refractivity contribution in [2.45, 2.75) is 37.9 Å². The summed E-state index contributed by atoms with van der Waals surface area (Å²) >= 11 is 0. The van der Waals surface area contributed by atoms with Crippen LogP contribution < -0.4 is 5.32 Å². The molecule has 0 aliphatic heterocycles. The lowest BCUT2D eigenvalue weighted by molar-refractivity contribution is -0.137. The molecule has 0 bridgehead atoms. The van der Waals surface area contributed by atoms with Gasteiger partial charge in [0, 0.05) is 6.04 Å². The van der Waals surface area contributed by atoms with E-state index in [9.17, 15) is 13.2 Å². The molecule has 4 heteroatoms. The number of halogens is 3. The van der Waals surface area contributed by atoms with Gasteiger partial charge in [0.15, 0.2) is 0 Å². The van der Waals surface area contributed by atoms with Crippen LogP contribution in [0.15, 0.2) is 24.3 Å². The van der Waals surface area contributed by atoms with E-state index >= 15 is 0 Å². The fraction of sp³-hybridized carbons (Fsp3) is 0.625. The summed E-state index contributed by atoms with van der Waals surface area (Å²) in [6, 6.07) is 5.99. The lowest BCUT2D eigenvalue weighted by atomic mass is 9.89. The number of rotatable bonds is 4. The number of nitrogens with one attached hydrogen (secondary N) is 1. The largest absolute Gasteiger partial charge is 0.416 e. The van der Waals surface area contributed by atoms with Crippen LogP contribution in [-0.2, 0) is 12.6 Å². The Morgan fingerprint density at radius 2 is 1.70 bits per heavy atom. The van der Waals surface area contributed by atoms with Crippen LogP contribution in [0.1, 0.15) is 30.4 Å². The molecule has 2 saturated carbocycles. The van der Waals surface area contributed by atoms with Gasteiger partial charge in [-0.05, 0) is 68.2 Å². The molecule has 2 aliphatic carbocycles. The number of benzene rings is 1. The lowest BCUT2D eigenvalue weighted by Gasteiger charge is -2.24. The van der Waals surface area contributed by atoms with Gasteiger partial charge in [0.25, 0.3) is 0 Å². The fourth-order valence-electron chi connectivity index (χ4n) is 3.68. The molecule has 1 aromatic carbocycles. The lowest BCUT2D eigenvalue weighted by Crippen LogP contribution is -2.35. The zero-order valence-corrected chi connectivity index (χ0v) is 11.6. The maximum atomic E-state index is 12.5. The first-order chi connectivity index (χ1) is 9.47. The molecular formula is C16H20F3N. The monoisotopic (exact) mass is 283 g/mol. The van der Waals surface area contributed by atoms with Gasteiger partial charge in [0.05, 0.1) is 5.56 Å². The molecule has 20 heavy (non-hydrogen) atoms. The van der Waals surface area contributed by atoms with Gasteiger partial charge >= 0.3 is 6.18 Å². The molecule has 3 unspecified atom stereocenters. The molecular weight excluding hydrogens is 263 g/mol. The van der Waals surface area contributed by atoms with Gasteiger partial charge in [0.1, 0.15) is 0 Å². The van der Waals surface area contributed by atoms with Crippen LogP contribution in [0.3, 0.4) is 0 Å². The van der Waals surface area contributed by atoms with Crippen LogP contribution in [0.4, 0.5) is 13.2 Å². The van der Waals surface area contributed by atoms with Crippen LogP contribution in [0.5, 0.6) is 0 Å². The topological polar surface area (TPSA) is 12.0 Å². The van der Waals surface area contributed by atoms with Gasteiger partial charge < -0.3 is 5.32 Å². The van der Waals surface area contributed by atoms with Gasteiger partial charge in [-0.25, -0.2) is 0 Å². The predicted molar refractivity (Wildman–Crippen MR) is 72.3 cm³/mol. The first-order valence-corrected chi connectivity index (χ1v) is 7.30. The Hall–Kier alpha value is -1.03. The fourth-order valence-corrected chi connectivity index (χ4v) is 3.68. The zero-order chi connectivity index (χ0) is 14.3. The second-order valence-electron chi connectivity index (χ2n) is 6.28. The molecule has 0 amide bonds. The van der Waals surface area contributed by atoms with Gasteiger partial charge in [-0.15, -0.1) is 0 Å². The molecule has 1 N–H and O–H groups in total. The summed E-state index contributed by atoms with van der Waals surface area (Å²) in [5.74, 6) is 2.55. The van der Waals surface area contributed by atoms with Crippen molar-refractivity contribution in [2.24, 2.45) is 17.8 Å². The summed E-state index contributed by atoms with van der Waals surface area (Å²) in [4.78, 5) is 0. The van der Waals surface area contributed by atoms with Crippen LogP contribution in [0, 0.1) is 17.8 Å². The third-order valence-corrected chi connectivity index (χ3v) is 4.96. The van der Waals surface area contributed by atoms with Crippen molar-refractivity contribution < 1.29 is 13.2 Å². The third kappa shape index (κ3) is 2.85. The summed E-state index contributed by atoms with van der Waals surface area (Å²) in [5.41, 5.74) is 0.419. The Balaban J connectivity index is 1.63. The normalized spacial score (nSPS) is 30.1. The summed E-state index contributed by atoms with van der Waals surface area (Å²) in [7, 11) is 1.96. The first-order valence-electron chi connectivity index (χ1n) is 7.30. The predicted octanol–water partition coefficient (Wildman–Crippen LogP) is 3.88. The van der Waals surface area contributed by atoms with E-state index < -0.39 is 11.7 Å². The van der Waals surface area contributed by atoms with Crippen molar-refractivity contribution in [1.82, 2.24) is 5.32 Å². The van der Waals surface area contributed by atoms with E-state index in [0.29, 0.717) is 12.0 Å². The highest BCUT2D eigenvalue weighted by Crippen LogP contribution is 2.55. The molecule has 0 spiro atoms. The Morgan fingerprint density at radius 1 is 1.10 bits per heavy atom. The standard InChI is InChI=1S/C16H20F3N/c1-20-15(13-8-11-7-12(11)9-13)6-10-2-4-14(5-3-10)16(17,18)19/h2-5,11-13,15,20H,6-9H2,1H3. The summed E-state index contributed by atoms with van der Waals surface area (Å²) in [5, 5.41) is 3.36. The highest BCUT2D eigenvalue weighted by atomic mass is 19.4. The van der Waals surface area contributed by atoms with E-state index in [0.717, 1.165) is 23.8 Å². The molecule has 3 rings (SSSR count). The summed E-state index contributed by atoms with van der Waals surface area (Å²) in [6.45, 7) is 0. The summed E-state index contributed by atoms with van der Waals surface area (Å²) in [6.07, 6.45) is 0.549. The van der Waals surface area contributed by atoms with E-state index in [1.54, 1.807) is 12.1 Å². The van der Waals surface area contributed by atoms with E-state index in [1.165, 1.54) is 31.4 Å². The Morgan fingerprint density at radius 3 is 2.20 bits per heavy atom. The maximum absolute atomic E-state index is 12.5. The van der Waals surface area contributed by atoms with Crippen molar-refractivity contribution in [3.05, 3.63) is 35.4 Å². The van der Waals surface area contributed by atoms with Crippen molar-refractivity contribution in [3.63, 3.8) is 0 Å². The Kier molecular flexibility index (Phi) is 3.53. The second kappa shape index (κ2) is 5.06.